The van der Waals surface area contributed by atoms with Crippen LogP contribution in [-0.2, 0) is 11.2 Å². The highest BCUT2D eigenvalue weighted by Gasteiger charge is 2.28. The van der Waals surface area contributed by atoms with Gasteiger partial charge in [-0.3, -0.25) is 4.79 Å². The van der Waals surface area contributed by atoms with E-state index in [1.807, 2.05) is 37.3 Å². The maximum absolute atomic E-state index is 12.7. The third-order valence-electron chi connectivity index (χ3n) is 4.61. The van der Waals surface area contributed by atoms with Crippen LogP contribution in [0, 0.1) is 18.3 Å². The molecule has 1 unspecified atom stereocenters. The molecule has 0 aromatic heterocycles. The number of thioether (sulfide) groups is 1. The van der Waals surface area contributed by atoms with E-state index in [9.17, 15) is 4.79 Å². The van der Waals surface area contributed by atoms with Gasteiger partial charge in [0.2, 0.25) is 5.91 Å². The van der Waals surface area contributed by atoms with Gasteiger partial charge in [-0.05, 0) is 73.0 Å². The minimum absolute atomic E-state index is 0.0186. The van der Waals surface area contributed by atoms with E-state index >= 15 is 0 Å². The fraction of sp³-hybridized carbons (Fsp3) is 0.130. The van der Waals surface area contributed by atoms with E-state index in [-0.39, 0.29) is 11.2 Å². The number of amides is 1. The van der Waals surface area contributed by atoms with Gasteiger partial charge in [0.1, 0.15) is 11.5 Å². The quantitative estimate of drug-likeness (QED) is 0.660. The Hall–Kier alpha value is -3.23. The summed E-state index contributed by atoms with van der Waals surface area (Å²) in [6.45, 7) is 1.94. The van der Waals surface area contributed by atoms with Crippen molar-refractivity contribution in [3.05, 3.63) is 83.4 Å². The van der Waals surface area contributed by atoms with Gasteiger partial charge in [-0.2, -0.15) is 5.26 Å². The summed E-state index contributed by atoms with van der Waals surface area (Å²) in [7, 11) is 0. The molecule has 1 amide bonds. The summed E-state index contributed by atoms with van der Waals surface area (Å²) in [6.07, 6.45) is 0.756. The minimum Gasteiger partial charge on any atom is -0.457 e. The maximum Gasteiger partial charge on any atom is 0.238 e. The van der Waals surface area contributed by atoms with Crippen molar-refractivity contribution >= 4 is 23.4 Å². The molecule has 0 radical (unpaired) electrons. The monoisotopic (exact) mass is 386 g/mol. The van der Waals surface area contributed by atoms with Gasteiger partial charge in [0.05, 0.1) is 16.9 Å². The van der Waals surface area contributed by atoms with Crippen molar-refractivity contribution < 1.29 is 9.53 Å². The molecule has 0 saturated carbocycles. The Morgan fingerprint density at radius 3 is 2.57 bits per heavy atom. The Kier molecular flexibility index (Phi) is 5.05. The third kappa shape index (κ3) is 3.88. The first-order chi connectivity index (χ1) is 13.6. The van der Waals surface area contributed by atoms with Crippen molar-refractivity contribution in [3.63, 3.8) is 0 Å². The van der Waals surface area contributed by atoms with Crippen LogP contribution in [0.2, 0.25) is 0 Å². The van der Waals surface area contributed by atoms with Gasteiger partial charge in [0, 0.05) is 10.6 Å². The number of nitrogens with one attached hydrogen (secondary N) is 1. The number of nitrogens with zero attached hydrogens (tertiary/aromatic N) is 1. The molecule has 0 spiro atoms. The number of nitriles is 1. The number of hydrogen-bond acceptors (Lipinski definition) is 4. The summed E-state index contributed by atoms with van der Waals surface area (Å²) in [5, 5.41) is 11.8. The van der Waals surface area contributed by atoms with Crippen molar-refractivity contribution in [1.82, 2.24) is 0 Å². The number of aryl methyl sites for hydroxylation is 1. The van der Waals surface area contributed by atoms with Crippen LogP contribution in [0.4, 0.5) is 5.69 Å². The molecule has 1 heterocycles. The molecule has 1 atom stereocenters. The van der Waals surface area contributed by atoms with Gasteiger partial charge in [-0.1, -0.05) is 18.2 Å². The average Bonchev–Trinajstić information content (AvgIpc) is 3.15. The van der Waals surface area contributed by atoms with Crippen LogP contribution in [0.1, 0.15) is 16.7 Å². The van der Waals surface area contributed by atoms with Gasteiger partial charge in [-0.25, -0.2) is 0 Å². The number of carbonyl (C=O) groups is 1. The maximum atomic E-state index is 12.7. The average molecular weight is 386 g/mol. The minimum atomic E-state index is -0.105. The van der Waals surface area contributed by atoms with Crippen LogP contribution in [0.25, 0.3) is 0 Å². The summed E-state index contributed by atoms with van der Waals surface area (Å²) in [4.78, 5) is 13.9. The zero-order chi connectivity index (χ0) is 19.5. The summed E-state index contributed by atoms with van der Waals surface area (Å²) in [5.74, 6) is 1.36. The van der Waals surface area contributed by atoms with Crippen LogP contribution in [0.5, 0.6) is 11.5 Å². The van der Waals surface area contributed by atoms with Crippen LogP contribution in [0.15, 0.2) is 71.6 Å². The van der Waals surface area contributed by atoms with Crippen LogP contribution in [-0.4, -0.2) is 11.2 Å². The Balaban J connectivity index is 1.42. The van der Waals surface area contributed by atoms with Gasteiger partial charge >= 0.3 is 0 Å². The van der Waals surface area contributed by atoms with E-state index in [1.165, 1.54) is 10.5 Å². The fourth-order valence-electron chi connectivity index (χ4n) is 3.12. The zero-order valence-corrected chi connectivity index (χ0v) is 16.1. The van der Waals surface area contributed by atoms with E-state index < -0.39 is 0 Å². The molecule has 0 fully saturated rings. The lowest BCUT2D eigenvalue weighted by atomic mass is 10.1. The first kappa shape index (κ1) is 18.1. The second-order valence-corrected chi connectivity index (χ2v) is 7.87. The number of carbonyl (C=O) groups excluding carboxylic acids is 1. The predicted octanol–water partition coefficient (Wildman–Crippen LogP) is 5.31. The number of anilines is 1. The lowest BCUT2D eigenvalue weighted by Gasteiger charge is -2.13. The van der Waals surface area contributed by atoms with Crippen LogP contribution < -0.4 is 10.1 Å². The molecule has 1 aliphatic rings. The second kappa shape index (κ2) is 7.79. The normalized spacial score (nSPS) is 14.8. The summed E-state index contributed by atoms with van der Waals surface area (Å²) in [5.41, 5.74) is 3.54. The SMILES string of the molecule is Cc1cc(Oc2ccc(C#N)cc2)ccc1NC(=O)C1Cc2ccccc2S1. The largest absolute Gasteiger partial charge is 0.457 e. The Bertz CT molecular complexity index is 1050. The van der Waals surface area contributed by atoms with Crippen molar-refractivity contribution in [3.8, 4) is 17.6 Å². The smallest absolute Gasteiger partial charge is 0.238 e. The predicted molar refractivity (Wildman–Crippen MR) is 111 cm³/mol. The second-order valence-electron chi connectivity index (χ2n) is 6.62. The van der Waals surface area contributed by atoms with Gasteiger partial charge in [0.25, 0.3) is 0 Å². The van der Waals surface area contributed by atoms with Gasteiger partial charge in [-0.15, -0.1) is 11.8 Å². The molecule has 4 nitrogen and oxygen atoms in total. The summed E-state index contributed by atoms with van der Waals surface area (Å²) < 4.78 is 5.83. The van der Waals surface area contributed by atoms with Gasteiger partial charge < -0.3 is 10.1 Å². The van der Waals surface area contributed by atoms with E-state index in [1.54, 1.807) is 36.0 Å². The molecule has 1 N–H and O–H groups in total. The van der Waals surface area contributed by atoms with E-state index in [2.05, 4.69) is 23.5 Å². The highest BCUT2D eigenvalue weighted by atomic mass is 32.2. The molecule has 138 valence electrons. The molecule has 0 aliphatic carbocycles. The molecule has 4 rings (SSSR count). The van der Waals surface area contributed by atoms with E-state index in [0.717, 1.165) is 17.7 Å². The number of benzene rings is 3. The van der Waals surface area contributed by atoms with Crippen molar-refractivity contribution in [1.29, 1.82) is 5.26 Å². The molecule has 5 heteroatoms. The first-order valence-corrected chi connectivity index (χ1v) is 9.84. The lowest BCUT2D eigenvalue weighted by Crippen LogP contribution is -2.25. The Morgan fingerprint density at radius 2 is 1.86 bits per heavy atom. The molecule has 3 aromatic carbocycles. The van der Waals surface area contributed by atoms with Crippen molar-refractivity contribution in [2.45, 2.75) is 23.5 Å². The van der Waals surface area contributed by atoms with Crippen molar-refractivity contribution in [2.24, 2.45) is 0 Å². The number of rotatable bonds is 4. The number of hydrogen-bond donors (Lipinski definition) is 1. The Morgan fingerprint density at radius 1 is 1.11 bits per heavy atom. The van der Waals surface area contributed by atoms with E-state index in [4.69, 9.17) is 10.00 Å². The van der Waals surface area contributed by atoms with Crippen LogP contribution >= 0.6 is 11.8 Å². The number of fused-ring (bicyclic) bond motifs is 1. The standard InChI is InChI=1S/C23H18N2O2S/c1-15-12-19(27-18-8-6-16(14-24)7-9-18)10-11-20(15)25-23(26)22-13-17-4-2-3-5-21(17)28-22/h2-12,22H,13H2,1H3,(H,25,26). The van der Waals surface area contributed by atoms with Crippen LogP contribution in [0.3, 0.4) is 0 Å². The molecule has 1 aliphatic heterocycles. The molecule has 0 bridgehead atoms. The molecular formula is C23H18N2O2S. The number of ether oxygens (including phenoxy) is 1. The highest BCUT2D eigenvalue weighted by Crippen LogP contribution is 2.37. The molecule has 28 heavy (non-hydrogen) atoms. The summed E-state index contributed by atoms with van der Waals surface area (Å²) >= 11 is 1.62. The fourth-order valence-corrected chi connectivity index (χ4v) is 4.31. The molecule has 0 saturated heterocycles. The summed E-state index contributed by atoms with van der Waals surface area (Å²) in [6, 6.07) is 22.8. The molecule has 3 aromatic rings. The third-order valence-corrected chi connectivity index (χ3v) is 5.93. The lowest BCUT2D eigenvalue weighted by molar-refractivity contribution is -0.115. The van der Waals surface area contributed by atoms with Crippen molar-refractivity contribution in [2.75, 3.05) is 5.32 Å². The van der Waals surface area contributed by atoms with E-state index in [0.29, 0.717) is 17.1 Å². The highest BCUT2D eigenvalue weighted by molar-refractivity contribution is 8.01. The zero-order valence-electron chi connectivity index (χ0n) is 15.3. The topological polar surface area (TPSA) is 62.1 Å². The Labute approximate surface area is 168 Å². The van der Waals surface area contributed by atoms with Gasteiger partial charge in [0.15, 0.2) is 0 Å². The molecular weight excluding hydrogens is 368 g/mol. The first-order valence-electron chi connectivity index (χ1n) is 8.96.